The van der Waals surface area contributed by atoms with E-state index in [4.69, 9.17) is 11.6 Å². The van der Waals surface area contributed by atoms with Crippen LogP contribution in [0, 0.1) is 22.0 Å². The number of halogens is 1. The fraction of sp³-hybridized carbons (Fsp3) is 0.182. The van der Waals surface area contributed by atoms with Crippen molar-refractivity contribution in [3.05, 3.63) is 75.8 Å². The molecule has 0 saturated carbocycles. The second kappa shape index (κ2) is 7.82. The molecule has 2 saturated heterocycles. The number of carbonyl (C=O) groups excluding carboxylic acids is 3. The molecular weight excluding hydrogens is 450 g/mol. The Kier molecular flexibility index (Phi) is 4.94. The van der Waals surface area contributed by atoms with E-state index in [1.165, 1.54) is 35.5 Å². The van der Waals surface area contributed by atoms with Gasteiger partial charge in [-0.05, 0) is 42.5 Å². The fourth-order valence-corrected chi connectivity index (χ4v) is 4.69. The topological polar surface area (TPSA) is 125 Å². The van der Waals surface area contributed by atoms with Gasteiger partial charge in [0.25, 0.3) is 5.69 Å². The summed E-state index contributed by atoms with van der Waals surface area (Å²) in [6.45, 7) is 0. The third kappa shape index (κ3) is 3.35. The van der Waals surface area contributed by atoms with Crippen molar-refractivity contribution in [2.75, 3.05) is 10.2 Å². The van der Waals surface area contributed by atoms with Crippen LogP contribution in [-0.4, -0.2) is 46.0 Å². The predicted octanol–water partition coefficient (Wildman–Crippen LogP) is 2.60. The van der Waals surface area contributed by atoms with E-state index in [0.717, 1.165) is 4.90 Å². The second-order valence-electron chi connectivity index (χ2n) is 7.80. The minimum Gasteiger partial charge on any atom is -0.324 e. The largest absolute Gasteiger partial charge is 0.324 e. The summed E-state index contributed by atoms with van der Waals surface area (Å²) in [5, 5.41) is 20.0. The SMILES string of the molecule is O=C(Nc1ccc(Cl)cc1)[C@H]1[C@@H]2C(=O)N(c3ccc([N+](=O)[O-])cc3)C(=O)[C@@H]2[C@H]2C=CC=NN21. The van der Waals surface area contributed by atoms with Crippen molar-refractivity contribution in [1.82, 2.24) is 5.01 Å². The molecule has 1 N–H and O–H groups in total. The summed E-state index contributed by atoms with van der Waals surface area (Å²) in [5.74, 6) is -3.29. The Morgan fingerprint density at radius 2 is 1.70 bits per heavy atom. The Labute approximate surface area is 192 Å². The number of rotatable bonds is 4. The van der Waals surface area contributed by atoms with Gasteiger partial charge in [0, 0.05) is 29.1 Å². The van der Waals surface area contributed by atoms with E-state index in [-0.39, 0.29) is 11.4 Å². The molecule has 0 radical (unpaired) electrons. The van der Waals surface area contributed by atoms with Gasteiger partial charge in [0.15, 0.2) is 0 Å². The maximum Gasteiger partial charge on any atom is 0.269 e. The van der Waals surface area contributed by atoms with Gasteiger partial charge in [-0.25, -0.2) is 4.90 Å². The van der Waals surface area contributed by atoms with E-state index in [1.807, 2.05) is 0 Å². The highest BCUT2D eigenvalue weighted by Crippen LogP contribution is 2.45. The molecular formula is C22H16ClN5O5. The molecule has 0 aliphatic carbocycles. The van der Waals surface area contributed by atoms with Crippen LogP contribution in [0.4, 0.5) is 17.1 Å². The number of nitrogens with zero attached hydrogens (tertiary/aromatic N) is 4. The molecule has 0 spiro atoms. The molecule has 3 heterocycles. The zero-order valence-corrected chi connectivity index (χ0v) is 17.6. The number of anilines is 2. The minimum atomic E-state index is -1.02. The number of benzene rings is 2. The molecule has 166 valence electrons. The Morgan fingerprint density at radius 1 is 1.03 bits per heavy atom. The third-order valence-electron chi connectivity index (χ3n) is 5.99. The number of allylic oxidation sites excluding steroid dienone is 1. The Bertz CT molecular complexity index is 1230. The molecule has 2 fully saturated rings. The average Bonchev–Trinajstić information content (AvgIpc) is 3.28. The number of carbonyl (C=O) groups is 3. The van der Waals surface area contributed by atoms with Crippen molar-refractivity contribution < 1.29 is 19.3 Å². The van der Waals surface area contributed by atoms with Crippen LogP contribution in [0.25, 0.3) is 0 Å². The molecule has 0 aromatic heterocycles. The number of fused-ring (bicyclic) bond motifs is 3. The number of hydrazone groups is 1. The predicted molar refractivity (Wildman–Crippen MR) is 120 cm³/mol. The monoisotopic (exact) mass is 465 g/mol. The molecule has 3 aliphatic rings. The zero-order chi connectivity index (χ0) is 23.3. The lowest BCUT2D eigenvalue weighted by atomic mass is 9.88. The molecule has 2 aromatic carbocycles. The highest BCUT2D eigenvalue weighted by Gasteiger charge is 2.64. The first-order valence-electron chi connectivity index (χ1n) is 10.0. The molecule has 10 nitrogen and oxygen atoms in total. The number of non-ortho nitro benzene ring substituents is 1. The van der Waals surface area contributed by atoms with Crippen molar-refractivity contribution in [2.45, 2.75) is 12.1 Å². The Balaban J connectivity index is 1.48. The van der Waals surface area contributed by atoms with Crippen molar-refractivity contribution in [2.24, 2.45) is 16.9 Å². The van der Waals surface area contributed by atoms with Crippen molar-refractivity contribution >= 4 is 52.6 Å². The summed E-state index contributed by atoms with van der Waals surface area (Å²) in [6.07, 6.45) is 4.91. The summed E-state index contributed by atoms with van der Waals surface area (Å²) in [4.78, 5) is 51.4. The van der Waals surface area contributed by atoms with Gasteiger partial charge in [-0.1, -0.05) is 17.7 Å². The van der Waals surface area contributed by atoms with Crippen molar-refractivity contribution in [3.8, 4) is 0 Å². The lowest BCUT2D eigenvalue weighted by Gasteiger charge is -2.30. The summed E-state index contributed by atoms with van der Waals surface area (Å²) in [6, 6.07) is 10.1. The van der Waals surface area contributed by atoms with Crippen LogP contribution in [0.1, 0.15) is 0 Å². The van der Waals surface area contributed by atoms with Gasteiger partial charge in [-0.15, -0.1) is 0 Å². The number of nitrogens with one attached hydrogen (secondary N) is 1. The smallest absolute Gasteiger partial charge is 0.269 e. The Hall–Kier alpha value is -4.05. The van der Waals surface area contributed by atoms with Crippen LogP contribution in [0.15, 0.2) is 65.8 Å². The maximum absolute atomic E-state index is 13.4. The number of nitro groups is 1. The summed E-state index contributed by atoms with van der Waals surface area (Å²) >= 11 is 5.90. The van der Waals surface area contributed by atoms with E-state index in [1.54, 1.807) is 36.4 Å². The standard InChI is InChI=1S/C22H16ClN5O5/c23-12-3-5-13(6-4-12)25-20(29)19-18-17(16-2-1-11-24-27(16)19)21(30)26(22(18)31)14-7-9-15(10-8-14)28(32)33/h1-11,16-19H,(H,25,29)/t16-,17-,18-,19-/m1/s1. The van der Waals surface area contributed by atoms with Crippen LogP contribution >= 0.6 is 11.6 Å². The number of nitro benzene ring substituents is 1. The van der Waals surface area contributed by atoms with Crippen LogP contribution in [0.5, 0.6) is 0 Å². The molecule has 2 aromatic rings. The van der Waals surface area contributed by atoms with E-state index in [9.17, 15) is 24.5 Å². The van der Waals surface area contributed by atoms with Gasteiger partial charge in [0.05, 0.1) is 28.5 Å². The molecule has 4 atom stereocenters. The number of hydrogen-bond donors (Lipinski definition) is 1. The number of imide groups is 1. The highest BCUT2D eigenvalue weighted by atomic mass is 35.5. The first-order valence-corrected chi connectivity index (χ1v) is 10.4. The van der Waals surface area contributed by atoms with E-state index in [0.29, 0.717) is 10.7 Å². The van der Waals surface area contributed by atoms with Crippen molar-refractivity contribution in [3.63, 3.8) is 0 Å². The normalized spacial score (nSPS) is 25.2. The van der Waals surface area contributed by atoms with Gasteiger partial charge >= 0.3 is 0 Å². The first-order chi connectivity index (χ1) is 15.9. The maximum atomic E-state index is 13.4. The third-order valence-corrected chi connectivity index (χ3v) is 6.24. The van der Waals surface area contributed by atoms with Crippen LogP contribution in [-0.2, 0) is 14.4 Å². The second-order valence-corrected chi connectivity index (χ2v) is 8.23. The lowest BCUT2D eigenvalue weighted by Crippen LogP contribution is -2.47. The average molecular weight is 466 g/mol. The van der Waals surface area contributed by atoms with Crippen LogP contribution in [0.3, 0.4) is 0 Å². The molecule has 11 heteroatoms. The van der Waals surface area contributed by atoms with Gasteiger partial charge in [-0.2, -0.15) is 5.10 Å². The molecule has 5 rings (SSSR count). The summed E-state index contributed by atoms with van der Waals surface area (Å²) in [7, 11) is 0. The Morgan fingerprint density at radius 3 is 2.36 bits per heavy atom. The number of hydrogen-bond acceptors (Lipinski definition) is 7. The summed E-state index contributed by atoms with van der Waals surface area (Å²) in [5.41, 5.74) is 0.551. The first kappa shape index (κ1) is 20.8. The van der Waals surface area contributed by atoms with Crippen LogP contribution in [0.2, 0.25) is 5.02 Å². The molecule has 33 heavy (non-hydrogen) atoms. The molecule has 0 unspecified atom stereocenters. The summed E-state index contributed by atoms with van der Waals surface area (Å²) < 4.78 is 0. The molecule has 0 bridgehead atoms. The molecule has 3 aliphatic heterocycles. The quantitative estimate of drug-likeness (QED) is 0.420. The number of amides is 3. The van der Waals surface area contributed by atoms with E-state index >= 15 is 0 Å². The highest BCUT2D eigenvalue weighted by molar-refractivity contribution is 6.30. The minimum absolute atomic E-state index is 0.158. The van der Waals surface area contributed by atoms with E-state index in [2.05, 4.69) is 10.4 Å². The van der Waals surface area contributed by atoms with Gasteiger partial charge in [0.2, 0.25) is 17.7 Å². The molecule has 3 amide bonds. The fourth-order valence-electron chi connectivity index (χ4n) is 4.56. The van der Waals surface area contributed by atoms with Crippen LogP contribution < -0.4 is 10.2 Å². The lowest BCUT2D eigenvalue weighted by molar-refractivity contribution is -0.384. The van der Waals surface area contributed by atoms with Crippen molar-refractivity contribution in [1.29, 1.82) is 0 Å². The zero-order valence-electron chi connectivity index (χ0n) is 16.9. The van der Waals surface area contributed by atoms with Gasteiger partial charge < -0.3 is 5.32 Å². The van der Waals surface area contributed by atoms with E-state index < -0.39 is 46.6 Å². The van der Waals surface area contributed by atoms with Gasteiger partial charge in [0.1, 0.15) is 6.04 Å². The van der Waals surface area contributed by atoms with Gasteiger partial charge in [-0.3, -0.25) is 29.5 Å².